The molecule has 1 unspecified atom stereocenters. The Kier molecular flexibility index (Phi) is 22.8. The first-order valence-corrected chi connectivity index (χ1v) is 16.8. The second-order valence-corrected chi connectivity index (χ2v) is 12.2. The van der Waals surface area contributed by atoms with Crippen LogP contribution in [0.2, 0.25) is 0 Å². The van der Waals surface area contributed by atoms with Gasteiger partial charge in [0.2, 0.25) is 17.7 Å². The maximum absolute atomic E-state index is 13.1. The number of Topliss-reactive ketones (excluding diaryl/α,β-unsaturated/α-hetero) is 3. The first-order chi connectivity index (χ1) is 25.1. The first-order valence-electron chi connectivity index (χ1n) is 16.8. The Labute approximate surface area is 311 Å². The Morgan fingerprint density at radius 1 is 0.722 bits per heavy atom. The molecule has 0 aromatic rings. The molecule has 21 nitrogen and oxygen atoms in total. The van der Waals surface area contributed by atoms with Gasteiger partial charge >= 0.3 is 17.9 Å². The highest BCUT2D eigenvalue weighted by Crippen LogP contribution is 2.08. The number of aliphatic hydroxyl groups excluding tert-OH is 1. The molecule has 0 aromatic heterocycles. The SMILES string of the molecule is C=C(C)C(=O)OC[C@H](NC(=O)CCC(=O)[C@H](CC([O-])O)NC(=O)CCC(=O)[C@H](CCC[NH+]=C(N)N)NC(=O)CCC(=O)[C@@H]([NH3+])COC(=O)C(=C)C)C(=O)[O-]. The highest BCUT2D eigenvalue weighted by atomic mass is 16.5. The minimum atomic E-state index is -2.31. The normalized spacial score (nSPS) is 13.4. The number of nitrogens with two attached hydrogens (primary N) is 2. The van der Waals surface area contributed by atoms with Crippen LogP contribution in [0.4, 0.5) is 0 Å². The molecule has 21 heteroatoms. The van der Waals surface area contributed by atoms with E-state index in [1.165, 1.54) is 13.8 Å². The van der Waals surface area contributed by atoms with Gasteiger partial charge in [-0.25, -0.2) is 9.59 Å². The summed E-state index contributed by atoms with van der Waals surface area (Å²) < 4.78 is 9.60. The van der Waals surface area contributed by atoms with E-state index < -0.39 is 122 Å². The number of carbonyl (C=O) groups is 9. The molecule has 0 heterocycles. The van der Waals surface area contributed by atoms with Crippen molar-refractivity contribution in [2.24, 2.45) is 11.5 Å². The number of guanidine groups is 1. The molecule has 3 amide bonds. The number of rotatable bonds is 28. The van der Waals surface area contributed by atoms with Crippen LogP contribution in [0.25, 0.3) is 0 Å². The third-order valence-corrected chi connectivity index (χ3v) is 7.25. The zero-order chi connectivity index (χ0) is 41.5. The van der Waals surface area contributed by atoms with Gasteiger partial charge in [-0.3, -0.25) is 45.2 Å². The number of aliphatic carboxylic acids is 1. The Hall–Kier alpha value is -5.54. The molecule has 0 fully saturated rings. The van der Waals surface area contributed by atoms with Crippen molar-refractivity contribution in [3.05, 3.63) is 24.3 Å². The summed E-state index contributed by atoms with van der Waals surface area (Å²) >= 11 is 0. The predicted molar refractivity (Wildman–Crippen MR) is 181 cm³/mol. The second kappa shape index (κ2) is 25.4. The summed E-state index contributed by atoms with van der Waals surface area (Å²) in [6.45, 7) is 8.62. The summed E-state index contributed by atoms with van der Waals surface area (Å²) in [6, 6.07) is -5.42. The molecule has 0 aromatic carbocycles. The summed E-state index contributed by atoms with van der Waals surface area (Å²) in [6.07, 6.45) is -5.58. The number of carboxylic acid groups (broad SMARTS) is 1. The third kappa shape index (κ3) is 21.7. The fourth-order valence-electron chi connectivity index (χ4n) is 4.23. The van der Waals surface area contributed by atoms with Crippen LogP contribution >= 0.6 is 0 Å². The number of aliphatic hydroxyl groups is 1. The molecule has 0 bridgehead atoms. The molecule has 302 valence electrons. The van der Waals surface area contributed by atoms with Crippen LogP contribution in [0.1, 0.15) is 71.6 Å². The summed E-state index contributed by atoms with van der Waals surface area (Å²) in [5.41, 5.74) is 14.5. The Morgan fingerprint density at radius 3 is 1.59 bits per heavy atom. The smallest absolute Gasteiger partial charge is 0.338 e. The van der Waals surface area contributed by atoms with E-state index in [1.807, 2.05) is 5.32 Å². The van der Waals surface area contributed by atoms with Crippen LogP contribution in [0, 0.1) is 0 Å². The van der Waals surface area contributed by atoms with Crippen LogP contribution in [0.15, 0.2) is 24.3 Å². The van der Waals surface area contributed by atoms with Crippen LogP contribution in [-0.2, 0) is 52.6 Å². The number of carbonyl (C=O) groups excluding carboxylic acids is 9. The number of amides is 3. The Morgan fingerprint density at radius 2 is 1.15 bits per heavy atom. The number of ketones is 3. The van der Waals surface area contributed by atoms with E-state index in [1.54, 1.807) is 0 Å². The molecule has 0 aliphatic rings. The highest BCUT2D eigenvalue weighted by Gasteiger charge is 2.26. The van der Waals surface area contributed by atoms with Crippen molar-refractivity contribution in [3.63, 3.8) is 0 Å². The highest BCUT2D eigenvalue weighted by molar-refractivity contribution is 5.95. The van der Waals surface area contributed by atoms with E-state index >= 15 is 0 Å². The average Bonchev–Trinajstić information content (AvgIpc) is 3.09. The Balaban J connectivity index is 5.33. The van der Waals surface area contributed by atoms with Crippen LogP contribution in [-0.4, -0.2) is 114 Å². The number of nitrogens with one attached hydrogen (secondary N) is 4. The van der Waals surface area contributed by atoms with E-state index in [0.29, 0.717) is 0 Å². The topological polar surface area (TPSA) is 368 Å². The first kappa shape index (κ1) is 48.5. The van der Waals surface area contributed by atoms with Crippen molar-refractivity contribution in [3.8, 4) is 0 Å². The lowest BCUT2D eigenvalue weighted by Gasteiger charge is -2.24. The van der Waals surface area contributed by atoms with Crippen LogP contribution < -0.4 is 48.4 Å². The number of carboxylic acids is 1. The lowest BCUT2D eigenvalue weighted by molar-refractivity contribution is -0.483. The van der Waals surface area contributed by atoms with Crippen molar-refractivity contribution >= 4 is 58.9 Å². The summed E-state index contributed by atoms with van der Waals surface area (Å²) in [5.74, 6) is -7.97. The standard InChI is InChI=1S/C33H50N7O14/c1-17(2)31(51)53-15-19(34)23(41)7-10-26(44)38-20(6-5-13-37-33(35)36)24(42)8-11-27(45)39-21(14-29(47)48)25(43)9-12-28(46)40-22(30(49)50)16-54-32(52)18(3)4/h19-22,29,47H,1,3,5-16,34H2,2,4H3,(H,38,44)(H,39,45)(H,40,46)(H,49,50)(H4,35,36,37)/q-1/p+1/t19-,20-,21-,22-,29?/m0/s1. The zero-order valence-electron chi connectivity index (χ0n) is 30.4. The average molecular weight is 770 g/mol. The molecular weight excluding hydrogens is 718 g/mol. The molecule has 54 heavy (non-hydrogen) atoms. The number of ether oxygens (including phenoxy) is 2. The summed E-state index contributed by atoms with van der Waals surface area (Å²) in [4.78, 5) is 113. The number of hydrogen-bond donors (Lipinski definition) is 8. The van der Waals surface area contributed by atoms with Crippen LogP contribution in [0.5, 0.6) is 0 Å². The van der Waals surface area contributed by atoms with Crippen molar-refractivity contribution in [2.45, 2.75) is 102 Å². The number of esters is 2. The fraction of sp³-hybridized carbons (Fsp3) is 0.576. The van der Waals surface area contributed by atoms with E-state index in [2.05, 4.69) is 34.5 Å². The van der Waals surface area contributed by atoms with Gasteiger partial charge in [-0.1, -0.05) is 13.2 Å². The molecule has 0 rings (SSSR count). The van der Waals surface area contributed by atoms with E-state index in [-0.39, 0.29) is 55.9 Å². The minimum Gasteiger partial charge on any atom is -0.831 e. The fourth-order valence-corrected chi connectivity index (χ4v) is 4.23. The van der Waals surface area contributed by atoms with Gasteiger partial charge in [0, 0.05) is 49.7 Å². The number of hydrogen-bond acceptors (Lipinski definition) is 14. The van der Waals surface area contributed by atoms with Gasteiger partial charge in [0.25, 0.3) is 0 Å². The lowest BCUT2D eigenvalue weighted by atomic mass is 10.0. The molecule has 0 aliphatic heterocycles. The van der Waals surface area contributed by atoms with Crippen molar-refractivity contribution < 1.29 is 78.7 Å². The monoisotopic (exact) mass is 769 g/mol. The maximum atomic E-state index is 13.1. The van der Waals surface area contributed by atoms with Crippen molar-refractivity contribution in [1.29, 1.82) is 0 Å². The molecule has 0 aliphatic carbocycles. The van der Waals surface area contributed by atoms with Gasteiger partial charge in [-0.15, -0.1) is 0 Å². The zero-order valence-corrected chi connectivity index (χ0v) is 30.4. The molecule has 0 saturated carbocycles. The largest absolute Gasteiger partial charge is 0.831 e. The maximum Gasteiger partial charge on any atom is 0.338 e. The molecule has 0 radical (unpaired) electrons. The van der Waals surface area contributed by atoms with Crippen molar-refractivity contribution in [2.75, 3.05) is 19.8 Å². The van der Waals surface area contributed by atoms with Gasteiger partial charge in [0.15, 0.2) is 30.0 Å². The van der Waals surface area contributed by atoms with Gasteiger partial charge in [0.1, 0.15) is 12.6 Å². The van der Waals surface area contributed by atoms with Gasteiger partial charge in [0.05, 0.1) is 24.6 Å². The summed E-state index contributed by atoms with van der Waals surface area (Å²) in [5, 5.41) is 38.9. The van der Waals surface area contributed by atoms with Crippen molar-refractivity contribution in [1.82, 2.24) is 16.0 Å². The van der Waals surface area contributed by atoms with E-state index in [9.17, 15) is 58.5 Å². The minimum absolute atomic E-state index is 0.0266. The van der Waals surface area contributed by atoms with Gasteiger partial charge < -0.3 is 51.3 Å². The summed E-state index contributed by atoms with van der Waals surface area (Å²) in [7, 11) is 0. The van der Waals surface area contributed by atoms with Gasteiger partial charge in [-0.05, 0) is 39.4 Å². The lowest BCUT2D eigenvalue weighted by Crippen LogP contribution is -2.78. The number of quaternary nitrogens is 1. The van der Waals surface area contributed by atoms with E-state index in [0.717, 1.165) is 0 Å². The second-order valence-electron chi connectivity index (χ2n) is 12.2. The van der Waals surface area contributed by atoms with Gasteiger partial charge in [-0.2, -0.15) is 0 Å². The molecule has 12 N–H and O–H groups in total. The molecule has 5 atom stereocenters. The Bertz CT molecular complexity index is 1440. The van der Waals surface area contributed by atoms with E-state index in [4.69, 9.17) is 20.9 Å². The van der Waals surface area contributed by atoms with Crippen LogP contribution in [0.3, 0.4) is 0 Å². The molecule has 0 spiro atoms. The predicted octanol–water partition coefficient (Wildman–Crippen LogP) is -7.71. The molecule has 0 saturated heterocycles. The quantitative estimate of drug-likeness (QED) is 0.00915. The molecular formula is C33H51N7O14. The third-order valence-electron chi connectivity index (χ3n) is 7.25.